The summed E-state index contributed by atoms with van der Waals surface area (Å²) >= 11 is 0. The molecule has 0 aliphatic rings. The molecule has 0 unspecified atom stereocenters. The van der Waals surface area contributed by atoms with Crippen molar-refractivity contribution in [3.8, 4) is 0 Å². The maximum Gasteiger partial charge on any atom is 0.371 e. The molecule has 0 aliphatic heterocycles. The number of hydrogen-bond acceptors (Lipinski definition) is 5. The van der Waals surface area contributed by atoms with E-state index in [0.717, 1.165) is 5.56 Å². The monoisotopic (exact) mass is 314 g/mol. The molecular weight excluding hydrogens is 300 g/mol. The number of carbonyl (C=O) groups excluding carboxylic acids is 2. The quantitative estimate of drug-likeness (QED) is 0.482. The van der Waals surface area contributed by atoms with Gasteiger partial charge in [0, 0.05) is 18.1 Å². The maximum absolute atomic E-state index is 11.7. The highest BCUT2D eigenvalue weighted by molar-refractivity contribution is 6.06. The third-order valence-corrected chi connectivity index (χ3v) is 3.15. The summed E-state index contributed by atoms with van der Waals surface area (Å²) in [6, 6.07) is 8.53. The van der Waals surface area contributed by atoms with Crippen molar-refractivity contribution in [3.63, 3.8) is 0 Å². The Morgan fingerprint density at radius 2 is 1.74 bits per heavy atom. The van der Waals surface area contributed by atoms with Gasteiger partial charge in [0.05, 0.1) is 6.26 Å². The molecule has 0 atom stereocenters. The van der Waals surface area contributed by atoms with E-state index in [9.17, 15) is 14.4 Å². The molecular formula is C17H14O6. The normalized spacial score (nSPS) is 11.3. The Balaban J connectivity index is 2.10. The van der Waals surface area contributed by atoms with E-state index in [1.54, 1.807) is 24.3 Å². The van der Waals surface area contributed by atoms with E-state index in [1.165, 1.54) is 19.3 Å². The molecule has 0 saturated carbocycles. The second-order valence-corrected chi connectivity index (χ2v) is 4.95. The number of Topliss-reactive ketones (excluding diaryl/α,β-unsaturated/α-hetero) is 1. The predicted octanol–water partition coefficient (Wildman–Crippen LogP) is 2.78. The van der Waals surface area contributed by atoms with Crippen LogP contribution >= 0.6 is 0 Å². The molecule has 1 aromatic heterocycles. The first-order valence-electron chi connectivity index (χ1n) is 6.72. The highest BCUT2D eigenvalue weighted by Crippen LogP contribution is 2.15. The Morgan fingerprint density at radius 1 is 1.09 bits per heavy atom. The fraction of sp³-hybridized carbons (Fsp3) is 0.118. The standard InChI is InChI=1S/C17H14O6/c1-10(18)13-4-2-11(3-5-13)6-12-7-16(23-9-12)14(19)8-15(20)17(21)22/h2-5,7-9,20H,6H2,1H3,(H,21,22)/b15-8-. The van der Waals surface area contributed by atoms with Crippen LogP contribution in [0.1, 0.15) is 39.0 Å². The molecule has 0 fully saturated rings. The molecule has 0 spiro atoms. The van der Waals surface area contributed by atoms with Gasteiger partial charge >= 0.3 is 5.97 Å². The molecule has 2 N–H and O–H groups in total. The van der Waals surface area contributed by atoms with Crippen molar-refractivity contribution in [3.05, 3.63) is 70.9 Å². The van der Waals surface area contributed by atoms with Crippen LogP contribution in [-0.2, 0) is 11.2 Å². The highest BCUT2D eigenvalue weighted by Gasteiger charge is 2.13. The number of ketones is 2. The van der Waals surface area contributed by atoms with Gasteiger partial charge in [-0.1, -0.05) is 24.3 Å². The van der Waals surface area contributed by atoms with Crippen LogP contribution in [0.15, 0.2) is 52.8 Å². The number of allylic oxidation sites excluding steroid dienone is 1. The van der Waals surface area contributed by atoms with Crippen LogP contribution in [0.4, 0.5) is 0 Å². The Labute approximate surface area is 131 Å². The fourth-order valence-electron chi connectivity index (χ4n) is 1.95. The smallest absolute Gasteiger partial charge is 0.371 e. The van der Waals surface area contributed by atoms with Gasteiger partial charge in [0.1, 0.15) is 0 Å². The molecule has 0 aliphatic carbocycles. The Hall–Kier alpha value is -3.15. The molecule has 2 rings (SSSR count). The first kappa shape index (κ1) is 16.2. The van der Waals surface area contributed by atoms with Gasteiger partial charge in [-0.25, -0.2) is 4.79 Å². The largest absolute Gasteiger partial charge is 0.502 e. The molecule has 0 radical (unpaired) electrons. The number of carboxylic acids is 1. The van der Waals surface area contributed by atoms with Crippen molar-refractivity contribution in [2.24, 2.45) is 0 Å². The molecule has 2 aromatic rings. The molecule has 23 heavy (non-hydrogen) atoms. The minimum Gasteiger partial charge on any atom is -0.502 e. The summed E-state index contributed by atoms with van der Waals surface area (Å²) in [6.07, 6.45) is 2.47. The average Bonchev–Trinajstić information content (AvgIpc) is 2.96. The molecule has 0 saturated heterocycles. The van der Waals surface area contributed by atoms with Crippen LogP contribution in [0.3, 0.4) is 0 Å². The lowest BCUT2D eigenvalue weighted by atomic mass is 10.0. The van der Waals surface area contributed by atoms with E-state index in [4.69, 9.17) is 14.6 Å². The van der Waals surface area contributed by atoms with Gasteiger partial charge in [-0.3, -0.25) is 9.59 Å². The SMILES string of the molecule is CC(=O)c1ccc(Cc2coc(C(=O)/C=C(\O)C(=O)O)c2)cc1. The topological polar surface area (TPSA) is 105 Å². The summed E-state index contributed by atoms with van der Waals surface area (Å²) in [6.45, 7) is 1.49. The van der Waals surface area contributed by atoms with Gasteiger partial charge in [-0.2, -0.15) is 0 Å². The Kier molecular flexibility index (Phi) is 4.75. The van der Waals surface area contributed by atoms with Crippen molar-refractivity contribution in [2.75, 3.05) is 0 Å². The zero-order valence-electron chi connectivity index (χ0n) is 12.3. The van der Waals surface area contributed by atoms with Crippen LogP contribution in [0.25, 0.3) is 0 Å². The van der Waals surface area contributed by atoms with Crippen LogP contribution in [-0.4, -0.2) is 27.7 Å². The number of aliphatic hydroxyl groups excluding tert-OH is 1. The molecule has 6 nitrogen and oxygen atoms in total. The third-order valence-electron chi connectivity index (χ3n) is 3.15. The van der Waals surface area contributed by atoms with E-state index < -0.39 is 17.5 Å². The van der Waals surface area contributed by atoms with Crippen molar-refractivity contribution < 1.29 is 29.0 Å². The summed E-state index contributed by atoms with van der Waals surface area (Å²) in [5.74, 6) is -3.45. The lowest BCUT2D eigenvalue weighted by molar-refractivity contribution is -0.135. The summed E-state index contributed by atoms with van der Waals surface area (Å²) in [7, 11) is 0. The lowest BCUT2D eigenvalue weighted by Crippen LogP contribution is -2.03. The number of furan rings is 1. The molecule has 1 aromatic carbocycles. The number of carbonyl (C=O) groups is 3. The second kappa shape index (κ2) is 6.74. The van der Waals surface area contributed by atoms with Crippen LogP contribution in [0.5, 0.6) is 0 Å². The van der Waals surface area contributed by atoms with Crippen molar-refractivity contribution in [2.45, 2.75) is 13.3 Å². The lowest BCUT2D eigenvalue weighted by Gasteiger charge is -2.00. The maximum atomic E-state index is 11.7. The Morgan fingerprint density at radius 3 is 2.30 bits per heavy atom. The van der Waals surface area contributed by atoms with Gasteiger partial charge in [-0.15, -0.1) is 0 Å². The van der Waals surface area contributed by atoms with Gasteiger partial charge in [0.25, 0.3) is 0 Å². The van der Waals surface area contributed by atoms with Crippen molar-refractivity contribution in [1.29, 1.82) is 0 Å². The summed E-state index contributed by atoms with van der Waals surface area (Å²) in [5, 5.41) is 17.6. The second-order valence-electron chi connectivity index (χ2n) is 4.95. The number of rotatable bonds is 6. The highest BCUT2D eigenvalue weighted by atomic mass is 16.4. The average molecular weight is 314 g/mol. The third kappa shape index (κ3) is 4.16. The summed E-state index contributed by atoms with van der Waals surface area (Å²) in [4.78, 5) is 33.4. The van der Waals surface area contributed by atoms with Crippen molar-refractivity contribution in [1.82, 2.24) is 0 Å². The molecule has 1 heterocycles. The van der Waals surface area contributed by atoms with Crippen LogP contribution < -0.4 is 0 Å². The van der Waals surface area contributed by atoms with Gasteiger partial charge in [0.15, 0.2) is 11.5 Å². The fourth-order valence-corrected chi connectivity index (χ4v) is 1.95. The molecule has 0 bridgehead atoms. The predicted molar refractivity (Wildman–Crippen MR) is 80.6 cm³/mol. The van der Waals surface area contributed by atoms with Crippen LogP contribution in [0.2, 0.25) is 0 Å². The van der Waals surface area contributed by atoms with Gasteiger partial charge < -0.3 is 14.6 Å². The number of aliphatic hydroxyl groups is 1. The first-order chi connectivity index (χ1) is 10.9. The van der Waals surface area contributed by atoms with E-state index in [0.29, 0.717) is 23.6 Å². The minimum absolute atomic E-state index is 0.0160. The van der Waals surface area contributed by atoms with Gasteiger partial charge in [-0.05, 0) is 24.1 Å². The van der Waals surface area contributed by atoms with E-state index in [2.05, 4.69) is 0 Å². The molecule has 118 valence electrons. The molecule has 0 amide bonds. The number of hydrogen-bond donors (Lipinski definition) is 2. The van der Waals surface area contributed by atoms with Crippen molar-refractivity contribution >= 4 is 17.5 Å². The number of aliphatic carboxylic acids is 1. The first-order valence-corrected chi connectivity index (χ1v) is 6.72. The zero-order valence-corrected chi connectivity index (χ0v) is 12.3. The van der Waals surface area contributed by atoms with E-state index >= 15 is 0 Å². The van der Waals surface area contributed by atoms with Gasteiger partial charge in [0.2, 0.25) is 11.5 Å². The van der Waals surface area contributed by atoms with Crippen LogP contribution in [0, 0.1) is 0 Å². The Bertz CT molecular complexity index is 780. The molecule has 6 heteroatoms. The van der Waals surface area contributed by atoms with E-state index in [1.807, 2.05) is 0 Å². The minimum atomic E-state index is -1.59. The zero-order chi connectivity index (χ0) is 17.0. The summed E-state index contributed by atoms with van der Waals surface area (Å²) in [5.41, 5.74) is 2.26. The van der Waals surface area contributed by atoms with E-state index in [-0.39, 0.29) is 11.5 Å². The number of carboxylic acid groups (broad SMARTS) is 1. The number of benzene rings is 1. The summed E-state index contributed by atoms with van der Waals surface area (Å²) < 4.78 is 5.09.